The molecule has 1 aromatic carbocycles. The smallest absolute Gasteiger partial charge is 0.214 e. The number of aryl methyl sites for hydroxylation is 2. The molecule has 6 nitrogen and oxygen atoms in total. The van der Waals surface area contributed by atoms with Gasteiger partial charge >= 0.3 is 0 Å². The van der Waals surface area contributed by atoms with Crippen LogP contribution >= 0.6 is 11.3 Å². The molecule has 0 aliphatic rings. The number of fused-ring (bicyclic) bond motifs is 1. The lowest BCUT2D eigenvalue weighted by molar-refractivity contribution is 0.184. The second-order valence-corrected chi connectivity index (χ2v) is 6.87. The highest BCUT2D eigenvalue weighted by atomic mass is 32.1. The van der Waals surface area contributed by atoms with E-state index in [2.05, 4.69) is 32.7 Å². The van der Waals surface area contributed by atoms with E-state index in [-0.39, 0.29) is 0 Å². The van der Waals surface area contributed by atoms with Crippen LogP contribution in [-0.4, -0.2) is 29.6 Å². The van der Waals surface area contributed by atoms with E-state index in [1.165, 1.54) is 4.70 Å². The molecule has 132 valence electrons. The van der Waals surface area contributed by atoms with Gasteiger partial charge in [-0.25, -0.2) is 4.98 Å². The highest BCUT2D eigenvalue weighted by molar-refractivity contribution is 7.19. The van der Waals surface area contributed by atoms with Crippen LogP contribution in [0.3, 0.4) is 0 Å². The van der Waals surface area contributed by atoms with Crippen molar-refractivity contribution in [2.45, 2.75) is 26.5 Å². The van der Waals surface area contributed by atoms with Crippen molar-refractivity contribution in [1.29, 1.82) is 0 Å². The van der Waals surface area contributed by atoms with Crippen molar-refractivity contribution in [3.8, 4) is 0 Å². The van der Waals surface area contributed by atoms with E-state index in [0.717, 1.165) is 21.7 Å². The molecule has 0 bridgehead atoms. The van der Waals surface area contributed by atoms with Crippen molar-refractivity contribution in [3.63, 3.8) is 0 Å². The van der Waals surface area contributed by atoms with Gasteiger partial charge in [-0.15, -0.1) is 11.3 Å². The number of guanidine groups is 1. The summed E-state index contributed by atoms with van der Waals surface area (Å²) in [6, 6.07) is 10.1. The molecule has 2 heterocycles. The van der Waals surface area contributed by atoms with Crippen LogP contribution in [0, 0.1) is 13.8 Å². The molecule has 0 aliphatic heterocycles. The van der Waals surface area contributed by atoms with Crippen LogP contribution in [-0.2, 0) is 6.54 Å². The third-order valence-corrected chi connectivity index (χ3v) is 5.16. The van der Waals surface area contributed by atoms with Crippen LogP contribution in [0.25, 0.3) is 10.1 Å². The zero-order chi connectivity index (χ0) is 17.8. The predicted octanol–water partition coefficient (Wildman–Crippen LogP) is 2.90. The van der Waals surface area contributed by atoms with Gasteiger partial charge in [0.25, 0.3) is 0 Å². The number of aromatic nitrogens is 1. The first-order valence-electron chi connectivity index (χ1n) is 8.11. The van der Waals surface area contributed by atoms with Crippen LogP contribution in [0.1, 0.15) is 28.3 Å². The third kappa shape index (κ3) is 4.18. The zero-order valence-electron chi connectivity index (χ0n) is 14.5. The summed E-state index contributed by atoms with van der Waals surface area (Å²) in [7, 11) is 1.69. The fourth-order valence-electron chi connectivity index (χ4n) is 2.46. The van der Waals surface area contributed by atoms with Gasteiger partial charge in [-0.2, -0.15) is 0 Å². The van der Waals surface area contributed by atoms with Gasteiger partial charge in [0.1, 0.15) is 11.9 Å². The van der Waals surface area contributed by atoms with Gasteiger partial charge in [-0.3, -0.25) is 4.99 Å². The number of oxazole rings is 1. The summed E-state index contributed by atoms with van der Waals surface area (Å²) in [5, 5.41) is 17.8. The molecule has 3 N–H and O–H groups in total. The minimum Gasteiger partial charge on any atom is -0.444 e. The number of aliphatic imine (C=N–C) groups is 1. The van der Waals surface area contributed by atoms with Gasteiger partial charge in [0.15, 0.2) is 5.96 Å². The Balaban J connectivity index is 1.55. The van der Waals surface area contributed by atoms with Crippen LogP contribution < -0.4 is 10.6 Å². The van der Waals surface area contributed by atoms with Gasteiger partial charge in [0.05, 0.1) is 12.2 Å². The number of nitrogens with zero attached hydrogens (tertiary/aromatic N) is 2. The Labute approximate surface area is 150 Å². The summed E-state index contributed by atoms with van der Waals surface area (Å²) in [6.07, 6.45) is -0.595. The monoisotopic (exact) mass is 358 g/mol. The maximum Gasteiger partial charge on any atom is 0.214 e. The first-order chi connectivity index (χ1) is 12.1. The van der Waals surface area contributed by atoms with E-state index < -0.39 is 6.10 Å². The molecule has 3 aromatic rings. The van der Waals surface area contributed by atoms with Crippen LogP contribution in [0.4, 0.5) is 0 Å². The van der Waals surface area contributed by atoms with E-state index in [1.54, 1.807) is 18.4 Å². The van der Waals surface area contributed by atoms with Gasteiger partial charge < -0.3 is 20.2 Å². The number of benzene rings is 1. The lowest BCUT2D eigenvalue weighted by atomic mass is 10.2. The van der Waals surface area contributed by atoms with E-state index in [9.17, 15) is 5.11 Å². The van der Waals surface area contributed by atoms with Crippen molar-refractivity contribution >= 4 is 27.4 Å². The summed E-state index contributed by atoms with van der Waals surface area (Å²) in [4.78, 5) is 9.42. The van der Waals surface area contributed by atoms with Crippen LogP contribution in [0.15, 0.2) is 39.7 Å². The highest BCUT2D eigenvalue weighted by Gasteiger charge is 2.12. The van der Waals surface area contributed by atoms with E-state index in [0.29, 0.717) is 24.9 Å². The molecule has 0 amide bonds. The summed E-state index contributed by atoms with van der Waals surface area (Å²) in [5.41, 5.74) is 0.889. The summed E-state index contributed by atoms with van der Waals surface area (Å²) >= 11 is 1.60. The number of aliphatic hydroxyl groups excluding tert-OH is 1. The molecule has 0 fully saturated rings. The molecule has 0 saturated heterocycles. The standard InChI is InChI=1S/C18H22N4O2S/c1-11-12(2)24-17(22-11)10-21-18(19-3)20-9-14(23)16-8-13-6-4-5-7-15(13)25-16/h4-8,14,23H,9-10H2,1-3H3,(H2,19,20,21). The number of nitrogens with one attached hydrogen (secondary N) is 2. The number of hydrogen-bond acceptors (Lipinski definition) is 5. The third-order valence-electron chi connectivity index (χ3n) is 3.94. The summed E-state index contributed by atoms with van der Waals surface area (Å²) in [5.74, 6) is 2.02. The van der Waals surface area contributed by atoms with Crippen molar-refractivity contribution < 1.29 is 9.52 Å². The molecule has 25 heavy (non-hydrogen) atoms. The van der Waals surface area contributed by atoms with Gasteiger partial charge in [0, 0.05) is 23.2 Å². The van der Waals surface area contributed by atoms with Crippen molar-refractivity contribution in [2.75, 3.05) is 13.6 Å². The second kappa shape index (κ2) is 7.67. The second-order valence-electron chi connectivity index (χ2n) is 5.76. The molecule has 1 atom stereocenters. The Morgan fingerprint density at radius 3 is 2.80 bits per heavy atom. The van der Waals surface area contributed by atoms with E-state index in [1.807, 2.05) is 32.0 Å². The molecule has 7 heteroatoms. The molecular weight excluding hydrogens is 336 g/mol. The van der Waals surface area contributed by atoms with Crippen molar-refractivity contribution in [3.05, 3.63) is 52.6 Å². The predicted molar refractivity (Wildman–Crippen MR) is 101 cm³/mol. The lowest BCUT2D eigenvalue weighted by Gasteiger charge is -2.13. The molecule has 0 aliphatic carbocycles. The average Bonchev–Trinajstić information content (AvgIpc) is 3.18. The SMILES string of the molecule is CN=C(NCc1nc(C)c(C)o1)NCC(O)c1cc2ccccc2s1. The Hall–Kier alpha value is -2.38. The summed E-state index contributed by atoms with van der Waals surface area (Å²) < 4.78 is 6.71. The van der Waals surface area contributed by atoms with Gasteiger partial charge in [-0.1, -0.05) is 18.2 Å². The molecule has 0 saturated carbocycles. The quantitative estimate of drug-likeness (QED) is 0.482. The van der Waals surface area contributed by atoms with E-state index >= 15 is 0 Å². The minimum absolute atomic E-state index is 0.371. The molecule has 0 spiro atoms. The Morgan fingerprint density at radius 2 is 2.12 bits per heavy atom. The van der Waals surface area contributed by atoms with Gasteiger partial charge in [0.2, 0.25) is 5.89 Å². The number of thiophene rings is 1. The maximum absolute atomic E-state index is 10.4. The highest BCUT2D eigenvalue weighted by Crippen LogP contribution is 2.29. The topological polar surface area (TPSA) is 82.7 Å². The largest absolute Gasteiger partial charge is 0.444 e. The number of hydrogen-bond donors (Lipinski definition) is 3. The van der Waals surface area contributed by atoms with Crippen LogP contribution in [0.2, 0.25) is 0 Å². The first-order valence-corrected chi connectivity index (χ1v) is 8.92. The fourth-order valence-corrected chi connectivity index (χ4v) is 3.51. The van der Waals surface area contributed by atoms with Crippen molar-refractivity contribution in [1.82, 2.24) is 15.6 Å². The normalized spacial score (nSPS) is 13.2. The first kappa shape index (κ1) is 17.4. The lowest BCUT2D eigenvalue weighted by Crippen LogP contribution is -2.38. The maximum atomic E-state index is 10.4. The molecule has 3 rings (SSSR count). The fraction of sp³-hybridized carbons (Fsp3) is 0.333. The Morgan fingerprint density at radius 1 is 1.32 bits per heavy atom. The Kier molecular flexibility index (Phi) is 5.35. The minimum atomic E-state index is -0.595. The number of rotatable bonds is 5. The molecule has 0 radical (unpaired) electrons. The molecular formula is C18H22N4O2S. The zero-order valence-corrected chi connectivity index (χ0v) is 15.4. The molecule has 1 unspecified atom stereocenters. The van der Waals surface area contributed by atoms with Crippen LogP contribution in [0.5, 0.6) is 0 Å². The van der Waals surface area contributed by atoms with Crippen molar-refractivity contribution in [2.24, 2.45) is 4.99 Å². The van der Waals surface area contributed by atoms with E-state index in [4.69, 9.17) is 4.42 Å². The average molecular weight is 358 g/mol. The van der Waals surface area contributed by atoms with Gasteiger partial charge in [-0.05, 0) is 31.4 Å². The number of aliphatic hydroxyl groups is 1. The molecule has 2 aromatic heterocycles. The Bertz CT molecular complexity index is 832. The summed E-state index contributed by atoms with van der Waals surface area (Å²) in [6.45, 7) is 4.61.